The summed E-state index contributed by atoms with van der Waals surface area (Å²) in [7, 11) is -3.65. The molecule has 0 unspecified atom stereocenters. The molecule has 0 aliphatic carbocycles. The molecule has 3 aromatic carbocycles. The lowest BCUT2D eigenvalue weighted by molar-refractivity contribution is -0.136. The van der Waals surface area contributed by atoms with Crippen LogP contribution in [0.4, 0.5) is 24.5 Å². The number of rotatable bonds is 4. The normalized spacial score (nSPS) is 14.1. The van der Waals surface area contributed by atoms with Gasteiger partial charge in [-0.15, -0.1) is 0 Å². The number of benzene rings is 3. The minimum atomic E-state index is -4.52. The highest BCUT2D eigenvalue weighted by Gasteiger charge is 2.33. The second kappa shape index (κ2) is 8.77. The van der Waals surface area contributed by atoms with Gasteiger partial charge in [-0.1, -0.05) is 18.2 Å². The molecule has 0 fully saturated rings. The van der Waals surface area contributed by atoms with E-state index in [-0.39, 0.29) is 29.3 Å². The van der Waals surface area contributed by atoms with Crippen molar-refractivity contribution in [3.05, 3.63) is 83.7 Å². The molecule has 0 radical (unpaired) electrons. The van der Waals surface area contributed by atoms with Crippen molar-refractivity contribution in [1.29, 1.82) is 0 Å². The van der Waals surface area contributed by atoms with Crippen LogP contribution in [0.25, 0.3) is 21.9 Å². The van der Waals surface area contributed by atoms with Crippen LogP contribution in [0.1, 0.15) is 21.5 Å². The van der Waals surface area contributed by atoms with Crippen molar-refractivity contribution in [3.63, 3.8) is 0 Å². The Bertz CT molecular complexity index is 1670. The van der Waals surface area contributed by atoms with Gasteiger partial charge in [0.1, 0.15) is 5.75 Å². The molecule has 0 saturated carbocycles. The van der Waals surface area contributed by atoms with E-state index in [1.165, 1.54) is 41.6 Å². The predicted molar refractivity (Wildman–Crippen MR) is 134 cm³/mol. The zero-order chi connectivity index (χ0) is 26.5. The van der Waals surface area contributed by atoms with E-state index in [1.54, 1.807) is 24.3 Å². The number of pyridine rings is 1. The number of phenols is 1. The Morgan fingerprint density at radius 3 is 2.49 bits per heavy atom. The average Bonchev–Trinajstić information content (AvgIpc) is 2.83. The predicted octanol–water partition coefficient (Wildman–Crippen LogP) is 5.20. The molecule has 7 nitrogen and oxygen atoms in total. The number of anilines is 2. The molecule has 1 aliphatic rings. The number of carbonyl (C=O) groups excluding carboxylic acids is 1. The van der Waals surface area contributed by atoms with E-state index in [0.717, 1.165) is 17.9 Å². The van der Waals surface area contributed by atoms with Gasteiger partial charge in [-0.05, 0) is 64.9 Å². The first-order valence-corrected chi connectivity index (χ1v) is 13.0. The van der Waals surface area contributed by atoms with Crippen LogP contribution < -0.4 is 9.62 Å². The molecular formula is C26H20F3N3O4S. The Balaban J connectivity index is 1.51. The van der Waals surface area contributed by atoms with Gasteiger partial charge in [0.25, 0.3) is 5.91 Å². The van der Waals surface area contributed by atoms with Crippen LogP contribution in [-0.4, -0.2) is 37.2 Å². The Morgan fingerprint density at radius 2 is 1.76 bits per heavy atom. The van der Waals surface area contributed by atoms with E-state index < -0.39 is 21.8 Å². The van der Waals surface area contributed by atoms with Crippen molar-refractivity contribution in [1.82, 2.24) is 4.98 Å². The summed E-state index contributed by atoms with van der Waals surface area (Å²) in [5.74, 6) is -0.590. The quantitative estimate of drug-likeness (QED) is 0.356. The average molecular weight is 528 g/mol. The summed E-state index contributed by atoms with van der Waals surface area (Å²) in [6, 6.07) is 13.3. The Morgan fingerprint density at radius 1 is 1.00 bits per heavy atom. The molecule has 11 heteroatoms. The van der Waals surface area contributed by atoms with Crippen molar-refractivity contribution in [2.24, 2.45) is 0 Å². The number of fused-ring (bicyclic) bond motifs is 2. The van der Waals surface area contributed by atoms with Crippen molar-refractivity contribution < 1.29 is 31.5 Å². The maximum absolute atomic E-state index is 13.5. The number of aromatic hydroxyl groups is 1. The maximum Gasteiger partial charge on any atom is 0.417 e. The summed E-state index contributed by atoms with van der Waals surface area (Å²) in [6.07, 6.45) is -0.459. The lowest BCUT2D eigenvalue weighted by Gasteiger charge is -2.29. The zero-order valence-corrected chi connectivity index (χ0v) is 20.2. The maximum atomic E-state index is 13.5. The highest BCUT2D eigenvalue weighted by Crippen LogP contribution is 2.39. The van der Waals surface area contributed by atoms with Crippen LogP contribution in [0, 0.1) is 0 Å². The first kappa shape index (κ1) is 24.6. The SMILES string of the molecule is CS(=O)(=O)Nc1cc(N2CCc3cc(-c4ccc(C(F)(F)F)c5cnccc45)ccc3C2=O)ccc1O. The zero-order valence-electron chi connectivity index (χ0n) is 19.4. The van der Waals surface area contributed by atoms with Gasteiger partial charge in [0.05, 0.1) is 17.5 Å². The number of nitrogens with one attached hydrogen (secondary N) is 1. The monoisotopic (exact) mass is 527 g/mol. The number of phenolic OH excluding ortho intramolecular Hbond substituents is 1. The molecule has 2 N–H and O–H groups in total. The van der Waals surface area contributed by atoms with Gasteiger partial charge in [0.15, 0.2) is 0 Å². The van der Waals surface area contributed by atoms with E-state index in [0.29, 0.717) is 34.2 Å². The fourth-order valence-corrected chi connectivity index (χ4v) is 5.13. The first-order chi connectivity index (χ1) is 17.4. The summed E-state index contributed by atoms with van der Waals surface area (Å²) in [6.45, 7) is 0.288. The van der Waals surface area contributed by atoms with Crippen molar-refractivity contribution in [2.45, 2.75) is 12.6 Å². The fourth-order valence-electron chi connectivity index (χ4n) is 4.56. The highest BCUT2D eigenvalue weighted by atomic mass is 32.2. The molecule has 5 rings (SSSR count). The van der Waals surface area contributed by atoms with Gasteiger partial charge in [-0.3, -0.25) is 14.5 Å². The Labute approximate surface area is 210 Å². The van der Waals surface area contributed by atoms with E-state index >= 15 is 0 Å². The molecule has 0 spiro atoms. The number of aromatic nitrogens is 1. The summed E-state index contributed by atoms with van der Waals surface area (Å²) in [5, 5.41) is 10.4. The molecule has 0 saturated heterocycles. The number of alkyl halides is 3. The van der Waals surface area contributed by atoms with E-state index in [1.807, 2.05) is 0 Å². The third-order valence-corrected chi connectivity index (χ3v) is 6.80. The fraction of sp³-hybridized carbons (Fsp3) is 0.154. The lowest BCUT2D eigenvalue weighted by atomic mass is 9.91. The molecule has 4 aromatic rings. The Hall–Kier alpha value is -4.12. The summed E-state index contributed by atoms with van der Waals surface area (Å²) in [4.78, 5) is 18.7. The van der Waals surface area contributed by atoms with Crippen molar-refractivity contribution in [3.8, 4) is 16.9 Å². The second-order valence-corrected chi connectivity index (χ2v) is 10.5. The molecule has 190 valence electrons. The topological polar surface area (TPSA) is 99.6 Å². The minimum Gasteiger partial charge on any atom is -0.506 e. The first-order valence-electron chi connectivity index (χ1n) is 11.1. The molecule has 1 aliphatic heterocycles. The van der Waals surface area contributed by atoms with Crippen LogP contribution in [-0.2, 0) is 22.6 Å². The van der Waals surface area contributed by atoms with Crippen LogP contribution in [0.2, 0.25) is 0 Å². The number of nitrogens with zero attached hydrogens (tertiary/aromatic N) is 2. The van der Waals surface area contributed by atoms with Crippen molar-refractivity contribution >= 4 is 38.1 Å². The lowest BCUT2D eigenvalue weighted by Crippen LogP contribution is -2.37. The van der Waals surface area contributed by atoms with Crippen LogP contribution >= 0.6 is 0 Å². The van der Waals surface area contributed by atoms with Gasteiger partial charge >= 0.3 is 6.18 Å². The number of hydrogen-bond acceptors (Lipinski definition) is 5. The molecule has 2 heterocycles. The van der Waals surface area contributed by atoms with Crippen LogP contribution in [0.3, 0.4) is 0 Å². The number of halogens is 3. The van der Waals surface area contributed by atoms with E-state index in [2.05, 4.69) is 9.71 Å². The molecule has 0 atom stereocenters. The van der Waals surface area contributed by atoms with Gasteiger partial charge in [-0.25, -0.2) is 8.42 Å². The number of carbonyl (C=O) groups is 1. The summed E-state index contributed by atoms with van der Waals surface area (Å²) in [5.41, 5.74) is 2.05. The van der Waals surface area contributed by atoms with E-state index in [9.17, 15) is 31.5 Å². The number of hydrogen-bond donors (Lipinski definition) is 2. The van der Waals surface area contributed by atoms with Crippen molar-refractivity contribution in [2.75, 3.05) is 22.4 Å². The van der Waals surface area contributed by atoms with Gasteiger partial charge < -0.3 is 10.0 Å². The van der Waals surface area contributed by atoms with Crippen LogP contribution in [0.5, 0.6) is 5.75 Å². The second-order valence-electron chi connectivity index (χ2n) is 8.73. The molecule has 0 bridgehead atoms. The molecule has 37 heavy (non-hydrogen) atoms. The van der Waals surface area contributed by atoms with Gasteiger partial charge in [-0.2, -0.15) is 13.2 Å². The largest absolute Gasteiger partial charge is 0.506 e. The standard InChI is InChI=1S/C26H20F3N3O4S/c1-37(35,36)31-23-13-17(3-7-24(23)33)32-11-9-16-12-15(2-4-19(16)25(32)34)18-5-6-22(26(27,28)29)21-14-30-10-8-20(18)21/h2-8,10,12-14,31,33H,9,11H2,1H3. The number of sulfonamides is 1. The Kier molecular flexibility index (Phi) is 5.82. The highest BCUT2D eigenvalue weighted by molar-refractivity contribution is 7.92. The van der Waals surface area contributed by atoms with Gasteiger partial charge in [0, 0.05) is 35.6 Å². The third kappa shape index (κ3) is 4.69. The summed E-state index contributed by atoms with van der Waals surface area (Å²) < 4.78 is 66.0. The smallest absolute Gasteiger partial charge is 0.417 e. The summed E-state index contributed by atoms with van der Waals surface area (Å²) >= 11 is 0. The van der Waals surface area contributed by atoms with E-state index in [4.69, 9.17) is 0 Å². The minimum absolute atomic E-state index is 0.00157. The molecular weight excluding hydrogens is 507 g/mol. The van der Waals surface area contributed by atoms with Gasteiger partial charge in [0.2, 0.25) is 10.0 Å². The molecule has 1 aromatic heterocycles. The number of amides is 1. The third-order valence-electron chi connectivity index (χ3n) is 6.21. The van der Waals surface area contributed by atoms with Crippen LogP contribution in [0.15, 0.2) is 67.0 Å². The molecule has 1 amide bonds.